The summed E-state index contributed by atoms with van der Waals surface area (Å²) in [5.74, 6) is -0.418. The van der Waals surface area contributed by atoms with E-state index in [4.69, 9.17) is 13.9 Å². The third kappa shape index (κ3) is 3.94. The van der Waals surface area contributed by atoms with Gasteiger partial charge in [-0.1, -0.05) is 0 Å². The Bertz CT molecular complexity index is 1080. The van der Waals surface area contributed by atoms with Crippen molar-refractivity contribution in [1.82, 2.24) is 0 Å². The normalized spacial score (nSPS) is 26.1. The summed E-state index contributed by atoms with van der Waals surface area (Å²) < 4.78 is 16.6. The van der Waals surface area contributed by atoms with E-state index in [-0.39, 0.29) is 39.7 Å². The SMILES string of the molecule is OCC1O[C@@H](Oc2cc(O)c3cc(O)c(-c4ccc(O)cc4)[o+]c3c2)C(O)[C@@H](O)[C@@H]1O. The third-order valence-corrected chi connectivity index (χ3v) is 5.05. The first-order valence-electron chi connectivity index (χ1n) is 9.38. The number of aliphatic hydroxyl groups is 4. The summed E-state index contributed by atoms with van der Waals surface area (Å²) in [6.07, 6.45) is -7.37. The van der Waals surface area contributed by atoms with Gasteiger partial charge in [0.1, 0.15) is 47.1 Å². The summed E-state index contributed by atoms with van der Waals surface area (Å²) in [6.45, 7) is -0.613. The van der Waals surface area contributed by atoms with Crippen LogP contribution in [0, 0.1) is 0 Å². The van der Waals surface area contributed by atoms with Crippen molar-refractivity contribution in [1.29, 1.82) is 0 Å². The second-order valence-corrected chi connectivity index (χ2v) is 7.18. The molecule has 0 radical (unpaired) electrons. The summed E-state index contributed by atoms with van der Waals surface area (Å²) in [6, 6.07) is 9.78. The number of rotatable bonds is 4. The molecule has 4 rings (SSSR count). The third-order valence-electron chi connectivity index (χ3n) is 5.05. The fraction of sp³-hybridized carbons (Fsp3) is 0.286. The van der Waals surface area contributed by atoms with Gasteiger partial charge in [0.15, 0.2) is 0 Å². The van der Waals surface area contributed by atoms with Crippen LogP contribution in [-0.2, 0) is 4.74 Å². The molecule has 10 nitrogen and oxygen atoms in total. The lowest BCUT2D eigenvalue weighted by Crippen LogP contribution is -2.60. The molecule has 5 atom stereocenters. The Hall–Kier alpha value is -3.15. The molecule has 2 unspecified atom stereocenters. The minimum Gasteiger partial charge on any atom is -0.508 e. The standard InChI is InChI=1S/C21H20O10/c22-8-16-17(26)18(27)19(28)21(31-16)29-11-5-13(24)12-7-14(25)20(30-15(12)6-11)9-1-3-10(23)4-2-9/h1-7,16-19,21-22,26-28H,8H2,(H2-,23,24,25)/p+1/t16?,17-,18+,19?,21-/m1/s1. The molecule has 3 aromatic rings. The summed E-state index contributed by atoms with van der Waals surface area (Å²) >= 11 is 0. The van der Waals surface area contributed by atoms with Crippen molar-refractivity contribution in [2.45, 2.75) is 30.7 Å². The minimum atomic E-state index is -1.63. The van der Waals surface area contributed by atoms with Crippen molar-refractivity contribution in [3.8, 4) is 34.3 Å². The van der Waals surface area contributed by atoms with Crippen LogP contribution in [0.3, 0.4) is 0 Å². The first kappa shape index (κ1) is 21.1. The Labute approximate surface area is 175 Å². The van der Waals surface area contributed by atoms with Crippen LogP contribution in [-0.4, -0.2) is 73.1 Å². The average molecular weight is 433 g/mol. The molecule has 0 bridgehead atoms. The quantitative estimate of drug-likeness (QED) is 0.290. The Kier molecular flexibility index (Phi) is 5.56. The van der Waals surface area contributed by atoms with Crippen molar-refractivity contribution >= 4 is 11.0 Å². The van der Waals surface area contributed by atoms with E-state index in [1.54, 1.807) is 0 Å². The number of phenolic OH excluding ortho intramolecular Hbond substituents is 2. The highest BCUT2D eigenvalue weighted by Gasteiger charge is 2.44. The number of hydrogen-bond acceptors (Lipinski definition) is 9. The van der Waals surface area contributed by atoms with Crippen LogP contribution in [0.15, 0.2) is 46.9 Å². The number of aromatic hydroxyl groups is 3. The maximum absolute atomic E-state index is 10.3. The molecule has 1 saturated heterocycles. The first-order chi connectivity index (χ1) is 14.8. The molecule has 1 aliphatic rings. The summed E-state index contributed by atoms with van der Waals surface area (Å²) in [5.41, 5.74) is 0.595. The van der Waals surface area contributed by atoms with Crippen LogP contribution in [0.2, 0.25) is 0 Å². The van der Waals surface area contributed by atoms with E-state index < -0.39 is 37.3 Å². The lowest BCUT2D eigenvalue weighted by molar-refractivity contribution is -0.277. The Morgan fingerprint density at radius 3 is 2.26 bits per heavy atom. The second-order valence-electron chi connectivity index (χ2n) is 7.18. The number of phenols is 2. The fourth-order valence-corrected chi connectivity index (χ4v) is 3.37. The zero-order valence-corrected chi connectivity index (χ0v) is 16.0. The molecule has 164 valence electrons. The molecular weight excluding hydrogens is 412 g/mol. The van der Waals surface area contributed by atoms with Crippen molar-refractivity contribution < 1.29 is 49.6 Å². The highest BCUT2D eigenvalue weighted by Crippen LogP contribution is 2.39. The van der Waals surface area contributed by atoms with E-state index in [2.05, 4.69) is 0 Å². The summed E-state index contributed by atoms with van der Waals surface area (Å²) in [4.78, 5) is 0. The predicted molar refractivity (Wildman–Crippen MR) is 105 cm³/mol. The molecule has 0 saturated carbocycles. The first-order valence-corrected chi connectivity index (χ1v) is 9.38. The molecule has 1 fully saturated rings. The smallest absolute Gasteiger partial charge is 0.401 e. The Balaban J connectivity index is 1.69. The number of hydrogen-bond donors (Lipinski definition) is 7. The average Bonchev–Trinajstić information content (AvgIpc) is 2.75. The van der Waals surface area contributed by atoms with Gasteiger partial charge in [-0.15, -0.1) is 0 Å². The van der Waals surface area contributed by atoms with E-state index in [1.165, 1.54) is 42.5 Å². The molecule has 2 heterocycles. The monoisotopic (exact) mass is 433 g/mol. The van der Waals surface area contributed by atoms with Gasteiger partial charge in [0.25, 0.3) is 0 Å². The summed E-state index contributed by atoms with van der Waals surface area (Å²) in [5, 5.41) is 69.5. The maximum Gasteiger partial charge on any atom is 0.401 e. The molecule has 31 heavy (non-hydrogen) atoms. The molecule has 1 aliphatic heterocycles. The Morgan fingerprint density at radius 1 is 0.871 bits per heavy atom. The van der Waals surface area contributed by atoms with Crippen LogP contribution in [0.4, 0.5) is 0 Å². The summed E-state index contributed by atoms with van der Waals surface area (Å²) in [7, 11) is 0. The molecule has 7 N–H and O–H groups in total. The van der Waals surface area contributed by atoms with Crippen molar-refractivity contribution in [2.24, 2.45) is 0 Å². The van der Waals surface area contributed by atoms with E-state index in [0.717, 1.165) is 0 Å². The lowest BCUT2D eigenvalue weighted by Gasteiger charge is -2.39. The van der Waals surface area contributed by atoms with Gasteiger partial charge < -0.3 is 45.2 Å². The van der Waals surface area contributed by atoms with Crippen molar-refractivity contribution in [3.05, 3.63) is 42.5 Å². The van der Waals surface area contributed by atoms with Gasteiger partial charge in [0.05, 0.1) is 18.2 Å². The Morgan fingerprint density at radius 2 is 1.58 bits per heavy atom. The van der Waals surface area contributed by atoms with Gasteiger partial charge in [0.2, 0.25) is 12.0 Å². The fourth-order valence-electron chi connectivity index (χ4n) is 3.37. The van der Waals surface area contributed by atoms with Gasteiger partial charge >= 0.3 is 11.3 Å². The van der Waals surface area contributed by atoms with E-state index >= 15 is 0 Å². The highest BCUT2D eigenvalue weighted by molar-refractivity contribution is 5.88. The van der Waals surface area contributed by atoms with Gasteiger partial charge in [0, 0.05) is 12.1 Å². The second kappa shape index (κ2) is 8.17. The lowest BCUT2D eigenvalue weighted by atomic mass is 9.99. The van der Waals surface area contributed by atoms with E-state index in [1.807, 2.05) is 0 Å². The van der Waals surface area contributed by atoms with Crippen LogP contribution in [0.5, 0.6) is 23.0 Å². The van der Waals surface area contributed by atoms with Gasteiger partial charge in [-0.05, 0) is 24.3 Å². The zero-order valence-electron chi connectivity index (χ0n) is 16.0. The largest absolute Gasteiger partial charge is 0.508 e. The molecule has 0 aliphatic carbocycles. The van der Waals surface area contributed by atoms with Gasteiger partial charge in [-0.25, -0.2) is 4.42 Å². The van der Waals surface area contributed by atoms with Gasteiger partial charge in [-0.3, -0.25) is 0 Å². The maximum atomic E-state index is 10.3. The number of ether oxygens (including phenoxy) is 2. The molecule has 2 aromatic carbocycles. The van der Waals surface area contributed by atoms with E-state index in [9.17, 15) is 35.7 Å². The predicted octanol–water partition coefficient (Wildman–Crippen LogP) is 0.676. The van der Waals surface area contributed by atoms with Crippen LogP contribution in [0.1, 0.15) is 0 Å². The van der Waals surface area contributed by atoms with Crippen molar-refractivity contribution in [3.63, 3.8) is 0 Å². The highest BCUT2D eigenvalue weighted by atomic mass is 16.7. The molecule has 0 amide bonds. The molecule has 0 spiro atoms. The number of benzene rings is 2. The van der Waals surface area contributed by atoms with Crippen molar-refractivity contribution in [2.75, 3.05) is 6.61 Å². The minimum absolute atomic E-state index is 0.000394. The zero-order chi connectivity index (χ0) is 22.3. The van der Waals surface area contributed by atoms with Crippen LogP contribution >= 0.6 is 0 Å². The van der Waals surface area contributed by atoms with Crippen LogP contribution in [0.25, 0.3) is 22.3 Å². The molecule has 10 heteroatoms. The topological polar surface area (TPSA) is 171 Å². The number of aliphatic hydroxyl groups excluding tert-OH is 4. The van der Waals surface area contributed by atoms with Gasteiger partial charge in [-0.2, -0.15) is 0 Å². The molecular formula is C21H21O10+. The van der Waals surface area contributed by atoms with Crippen LogP contribution < -0.4 is 4.74 Å². The molecule has 1 aromatic heterocycles. The van der Waals surface area contributed by atoms with E-state index in [0.29, 0.717) is 5.56 Å². The number of fused-ring (bicyclic) bond motifs is 1.